The average molecular weight is 547 g/mol. The molecule has 4 atom stereocenters. The molecule has 1 N–H and O–H groups in total. The van der Waals surface area contributed by atoms with E-state index in [4.69, 9.17) is 23.7 Å². The second kappa shape index (κ2) is 10.7. The van der Waals surface area contributed by atoms with E-state index in [0.717, 1.165) is 12.7 Å². The third-order valence-electron chi connectivity index (χ3n) is 8.21. The number of rotatable bonds is 7. The van der Waals surface area contributed by atoms with Crippen molar-refractivity contribution in [3.05, 3.63) is 89.2 Å². The van der Waals surface area contributed by atoms with E-state index in [9.17, 15) is 19.5 Å². The number of hydrogen-bond donors (Lipinski definition) is 1. The zero-order valence-corrected chi connectivity index (χ0v) is 22.4. The number of benzene rings is 2. The highest BCUT2D eigenvalue weighted by molar-refractivity contribution is 6.07. The Kier molecular flexibility index (Phi) is 7.25. The van der Waals surface area contributed by atoms with Crippen molar-refractivity contribution in [1.29, 1.82) is 0 Å². The Hall–Kier alpha value is -4.37. The van der Waals surface area contributed by atoms with Crippen LogP contribution in [0.15, 0.2) is 78.1 Å². The molecule has 0 saturated heterocycles. The van der Waals surface area contributed by atoms with E-state index in [1.54, 1.807) is 24.3 Å². The number of carbonyl (C=O) groups excluding carboxylic acids is 2. The number of carbonyl (C=O) groups is 3. The Morgan fingerprint density at radius 2 is 1.82 bits per heavy atom. The first-order chi connectivity index (χ1) is 19.3. The van der Waals surface area contributed by atoms with Gasteiger partial charge in [0.2, 0.25) is 0 Å². The van der Waals surface area contributed by atoms with Crippen LogP contribution in [-0.2, 0) is 28.6 Å². The van der Waals surface area contributed by atoms with Gasteiger partial charge in [0.05, 0.1) is 33.4 Å². The summed E-state index contributed by atoms with van der Waals surface area (Å²) in [6.07, 6.45) is 6.40. The minimum atomic E-state index is -2.15. The van der Waals surface area contributed by atoms with Gasteiger partial charge >= 0.3 is 11.9 Å². The van der Waals surface area contributed by atoms with Gasteiger partial charge in [0.1, 0.15) is 17.3 Å². The summed E-state index contributed by atoms with van der Waals surface area (Å²) in [5.41, 5.74) is -2.04. The minimum absolute atomic E-state index is 0.0183. The molecule has 1 saturated carbocycles. The Bertz CT molecular complexity index is 1420. The highest BCUT2D eigenvalue weighted by Crippen LogP contribution is 2.69. The lowest BCUT2D eigenvalue weighted by Gasteiger charge is -2.45. The van der Waals surface area contributed by atoms with Gasteiger partial charge in [0.15, 0.2) is 18.0 Å². The first-order valence-corrected chi connectivity index (χ1v) is 12.8. The number of carboxylic acid groups (broad SMARTS) is 1. The molecule has 0 bridgehead atoms. The molecule has 0 radical (unpaired) electrons. The number of carboxylic acids is 1. The van der Waals surface area contributed by atoms with Gasteiger partial charge in [-0.25, -0.2) is 0 Å². The Morgan fingerprint density at radius 1 is 1.05 bits per heavy atom. The van der Waals surface area contributed by atoms with Gasteiger partial charge in [-0.15, -0.1) is 0 Å². The molecule has 5 rings (SSSR count). The molecule has 208 valence electrons. The topological polar surface area (TPSA) is 118 Å². The molecule has 1 spiro atoms. The lowest BCUT2D eigenvalue weighted by Crippen LogP contribution is -2.50. The number of hydrogen-bond acceptors (Lipinski definition) is 8. The predicted octanol–water partition coefficient (Wildman–Crippen LogP) is 4.15. The highest BCUT2D eigenvalue weighted by Gasteiger charge is 2.74. The monoisotopic (exact) mass is 546 g/mol. The largest absolute Gasteiger partial charge is 0.497 e. The molecular weight excluding hydrogens is 516 g/mol. The minimum Gasteiger partial charge on any atom is -0.497 e. The fourth-order valence-corrected chi connectivity index (χ4v) is 6.53. The van der Waals surface area contributed by atoms with Crippen LogP contribution in [0.1, 0.15) is 23.5 Å². The number of aliphatic carboxylic acids is 1. The van der Waals surface area contributed by atoms with Gasteiger partial charge in [-0.3, -0.25) is 14.4 Å². The maximum atomic E-state index is 14.3. The van der Waals surface area contributed by atoms with Crippen molar-refractivity contribution in [3.8, 4) is 11.5 Å². The van der Waals surface area contributed by atoms with Crippen LogP contribution in [0.25, 0.3) is 6.08 Å². The summed E-state index contributed by atoms with van der Waals surface area (Å²) in [7, 11) is 4.08. The predicted molar refractivity (Wildman–Crippen MR) is 143 cm³/mol. The van der Waals surface area contributed by atoms with E-state index >= 15 is 0 Å². The highest BCUT2D eigenvalue weighted by atomic mass is 16.7. The Morgan fingerprint density at radius 3 is 2.50 bits per heavy atom. The van der Waals surface area contributed by atoms with Crippen LogP contribution in [0, 0.1) is 16.7 Å². The Labute approximate surface area is 231 Å². The molecule has 9 heteroatoms. The fourth-order valence-electron chi connectivity index (χ4n) is 6.53. The summed E-state index contributed by atoms with van der Waals surface area (Å²) in [6.45, 7) is 0.00248. The van der Waals surface area contributed by atoms with E-state index in [2.05, 4.69) is 0 Å². The third-order valence-corrected chi connectivity index (χ3v) is 8.21. The summed E-state index contributed by atoms with van der Waals surface area (Å²) in [4.78, 5) is 41.4. The van der Waals surface area contributed by atoms with Crippen LogP contribution >= 0.6 is 0 Å². The maximum absolute atomic E-state index is 14.3. The Balaban J connectivity index is 1.87. The summed E-state index contributed by atoms with van der Waals surface area (Å²) in [5, 5.41) is 10.9. The normalized spacial score (nSPS) is 27.4. The molecule has 0 amide bonds. The van der Waals surface area contributed by atoms with Crippen LogP contribution in [0.2, 0.25) is 0 Å². The zero-order valence-electron chi connectivity index (χ0n) is 22.4. The summed E-state index contributed by atoms with van der Waals surface area (Å²) in [6, 6.07) is 14.3. The lowest BCUT2D eigenvalue weighted by atomic mass is 9.57. The quantitative estimate of drug-likeness (QED) is 0.404. The molecule has 40 heavy (non-hydrogen) atoms. The zero-order chi connectivity index (χ0) is 28.5. The third kappa shape index (κ3) is 4.00. The van der Waals surface area contributed by atoms with Crippen molar-refractivity contribution in [1.82, 2.24) is 0 Å². The van der Waals surface area contributed by atoms with Gasteiger partial charge < -0.3 is 28.8 Å². The van der Waals surface area contributed by atoms with Crippen molar-refractivity contribution in [2.45, 2.75) is 12.3 Å². The summed E-state index contributed by atoms with van der Waals surface area (Å²) >= 11 is 0. The van der Waals surface area contributed by atoms with Crippen molar-refractivity contribution in [2.24, 2.45) is 16.7 Å². The second-order valence-corrected chi connectivity index (χ2v) is 9.91. The van der Waals surface area contributed by atoms with Gasteiger partial charge in [-0.2, -0.15) is 0 Å². The van der Waals surface area contributed by atoms with Crippen LogP contribution in [0.5, 0.6) is 11.5 Å². The SMILES string of the molecule is COC(=O)C1(C(=O)O)CC(/C=C/c2ccccc2)C2(C(=O)C=CC3=C2COCO3)C1c1ccc(OC)cc1OC. The molecule has 1 fully saturated rings. The number of ketones is 1. The van der Waals surface area contributed by atoms with Crippen LogP contribution < -0.4 is 9.47 Å². The van der Waals surface area contributed by atoms with Crippen LogP contribution in [0.3, 0.4) is 0 Å². The molecule has 2 aliphatic carbocycles. The molecule has 1 aliphatic heterocycles. The van der Waals surface area contributed by atoms with Crippen LogP contribution in [-0.4, -0.2) is 57.6 Å². The second-order valence-electron chi connectivity index (χ2n) is 9.91. The number of fused-ring (bicyclic) bond motifs is 1. The van der Waals surface area contributed by atoms with Crippen molar-refractivity contribution >= 4 is 23.8 Å². The average Bonchev–Trinajstić information content (AvgIpc) is 3.30. The number of esters is 1. The molecule has 2 aromatic carbocycles. The molecule has 0 aromatic heterocycles. The summed E-state index contributed by atoms with van der Waals surface area (Å²) < 4.78 is 27.7. The molecule has 4 unspecified atom stereocenters. The maximum Gasteiger partial charge on any atom is 0.323 e. The number of ether oxygens (including phenoxy) is 5. The first-order valence-electron chi connectivity index (χ1n) is 12.8. The number of methoxy groups -OCH3 is 3. The van der Waals surface area contributed by atoms with E-state index in [-0.39, 0.29) is 31.4 Å². The van der Waals surface area contributed by atoms with Gasteiger partial charge in [-0.1, -0.05) is 48.6 Å². The van der Waals surface area contributed by atoms with Gasteiger partial charge in [0.25, 0.3) is 0 Å². The molecular formula is C31H30O9. The van der Waals surface area contributed by atoms with Crippen molar-refractivity contribution < 1.29 is 43.2 Å². The van der Waals surface area contributed by atoms with Crippen molar-refractivity contribution in [2.75, 3.05) is 34.7 Å². The van der Waals surface area contributed by atoms with E-state index in [1.807, 2.05) is 42.5 Å². The molecule has 9 nitrogen and oxygen atoms in total. The van der Waals surface area contributed by atoms with Crippen LogP contribution in [0.4, 0.5) is 0 Å². The van der Waals surface area contributed by atoms with Gasteiger partial charge in [-0.05, 0) is 36.1 Å². The molecule has 1 heterocycles. The molecule has 2 aromatic rings. The van der Waals surface area contributed by atoms with E-state index in [1.165, 1.54) is 20.3 Å². The lowest BCUT2D eigenvalue weighted by molar-refractivity contribution is -0.168. The van der Waals surface area contributed by atoms with E-state index in [0.29, 0.717) is 22.6 Å². The smallest absolute Gasteiger partial charge is 0.323 e. The van der Waals surface area contributed by atoms with Crippen molar-refractivity contribution in [3.63, 3.8) is 0 Å². The first kappa shape index (κ1) is 27.2. The van der Waals surface area contributed by atoms with E-state index < -0.39 is 34.6 Å². The summed E-state index contributed by atoms with van der Waals surface area (Å²) in [5.74, 6) is -3.57. The molecule has 3 aliphatic rings. The number of allylic oxidation sites excluding steroid dienone is 3. The standard InChI is InChI=1S/C31H30O9/c1-36-21-11-12-22(25(15-21)37-2)27-30(28(33)34,29(35)38-3)16-20(10-9-19-7-5-4-6-8-19)31(27)23-17-39-18-40-24(23)13-14-26(31)32/h4-15,20,27H,16-18H2,1-3H3,(H,33,34)/b10-9+. The fraction of sp³-hybridized carbons (Fsp3) is 0.323. The van der Waals surface area contributed by atoms with Gasteiger partial charge in [0, 0.05) is 23.1 Å².